The minimum Gasteiger partial charge on any atom is -0.490 e. The van der Waals surface area contributed by atoms with Gasteiger partial charge < -0.3 is 9.15 Å². The third-order valence-electron chi connectivity index (χ3n) is 3.26. The Morgan fingerprint density at radius 2 is 2.23 bits per heavy atom. The van der Waals surface area contributed by atoms with Gasteiger partial charge in [0.05, 0.1) is 6.61 Å². The second kappa shape index (κ2) is 5.97. The van der Waals surface area contributed by atoms with Crippen LogP contribution in [0.1, 0.15) is 20.3 Å². The molecule has 0 bridgehead atoms. The molecule has 1 N–H and O–H groups in total. The molecule has 0 amide bonds. The van der Waals surface area contributed by atoms with E-state index in [-0.39, 0.29) is 11.4 Å². The van der Waals surface area contributed by atoms with Crippen LogP contribution >= 0.6 is 0 Å². The van der Waals surface area contributed by atoms with E-state index in [0.29, 0.717) is 23.9 Å². The van der Waals surface area contributed by atoms with E-state index in [4.69, 9.17) is 9.15 Å². The maximum atomic E-state index is 12.1. The van der Waals surface area contributed by atoms with Gasteiger partial charge in [-0.25, -0.2) is 4.79 Å². The molecule has 0 spiro atoms. The molecular weight excluding hydrogens is 284 g/mol. The molecule has 0 aliphatic carbocycles. The molecule has 0 radical (unpaired) electrons. The highest BCUT2D eigenvalue weighted by Gasteiger charge is 2.14. The minimum atomic E-state index is -0.520. The molecule has 7 heteroatoms. The first-order valence-electron chi connectivity index (χ1n) is 7.08. The molecule has 0 saturated heterocycles. The van der Waals surface area contributed by atoms with E-state index in [0.717, 1.165) is 11.8 Å². The summed E-state index contributed by atoms with van der Waals surface area (Å²) >= 11 is 0. The molecular formula is C15H16N4O3. The number of nitrogens with zero attached hydrogens (tertiary/aromatic N) is 3. The third-order valence-corrected chi connectivity index (χ3v) is 3.26. The lowest BCUT2D eigenvalue weighted by Crippen LogP contribution is -2.06. The first kappa shape index (κ1) is 14.2. The predicted octanol–water partition coefficient (Wildman–Crippen LogP) is 2.40. The van der Waals surface area contributed by atoms with Gasteiger partial charge in [0.15, 0.2) is 11.3 Å². The first-order chi connectivity index (χ1) is 10.6. The average molecular weight is 300 g/mol. The van der Waals surface area contributed by atoms with Crippen molar-refractivity contribution in [1.29, 1.82) is 0 Å². The molecule has 3 rings (SSSR count). The van der Waals surface area contributed by atoms with Crippen LogP contribution in [0.15, 0.2) is 33.5 Å². The number of hydrogen-bond acceptors (Lipinski definition) is 6. The van der Waals surface area contributed by atoms with Crippen molar-refractivity contribution in [2.45, 2.75) is 20.3 Å². The Morgan fingerprint density at radius 1 is 1.36 bits per heavy atom. The van der Waals surface area contributed by atoms with E-state index in [1.807, 2.05) is 12.1 Å². The maximum absolute atomic E-state index is 12.1. The number of aromatic nitrogens is 4. The lowest BCUT2D eigenvalue weighted by Gasteiger charge is -2.09. The number of fused-ring (bicyclic) bond motifs is 1. The van der Waals surface area contributed by atoms with Crippen LogP contribution in [0.5, 0.6) is 5.75 Å². The Labute approximate surface area is 126 Å². The summed E-state index contributed by atoms with van der Waals surface area (Å²) in [6.07, 6.45) is 0.932. The third kappa shape index (κ3) is 2.83. The van der Waals surface area contributed by atoms with Crippen molar-refractivity contribution in [3.05, 3.63) is 34.7 Å². The number of para-hydroxylation sites is 1. The summed E-state index contributed by atoms with van der Waals surface area (Å²) in [6.45, 7) is 4.83. The number of hydrogen-bond donors (Lipinski definition) is 1. The molecule has 0 atom stereocenters. The van der Waals surface area contributed by atoms with Crippen LogP contribution in [0.3, 0.4) is 0 Å². The monoisotopic (exact) mass is 300 g/mol. The lowest BCUT2D eigenvalue weighted by molar-refractivity contribution is 0.288. The van der Waals surface area contributed by atoms with Crippen LogP contribution in [0.4, 0.5) is 0 Å². The zero-order chi connectivity index (χ0) is 15.5. The number of rotatable bonds is 5. The Kier molecular flexibility index (Phi) is 3.86. The Morgan fingerprint density at radius 3 is 2.95 bits per heavy atom. The van der Waals surface area contributed by atoms with Gasteiger partial charge in [-0.3, -0.25) is 0 Å². The van der Waals surface area contributed by atoms with E-state index in [1.165, 1.54) is 0 Å². The quantitative estimate of drug-likeness (QED) is 0.727. The normalized spacial score (nSPS) is 11.2. The van der Waals surface area contributed by atoms with Crippen molar-refractivity contribution < 1.29 is 9.15 Å². The Balaban J connectivity index is 1.99. The van der Waals surface area contributed by atoms with Crippen LogP contribution in [-0.4, -0.2) is 27.2 Å². The molecule has 0 unspecified atom stereocenters. The van der Waals surface area contributed by atoms with Crippen LogP contribution in [0.2, 0.25) is 0 Å². The minimum absolute atomic E-state index is 0.210. The molecule has 0 aliphatic rings. The SMILES string of the molecule is CC(C)CCOc1cccc2cc(-c3nn[nH]n3)c(=O)oc12. The number of benzene rings is 1. The Hall–Kier alpha value is -2.70. The molecule has 2 aromatic heterocycles. The van der Waals surface area contributed by atoms with Crippen molar-refractivity contribution >= 4 is 11.0 Å². The van der Waals surface area contributed by atoms with E-state index in [1.54, 1.807) is 12.1 Å². The van der Waals surface area contributed by atoms with E-state index in [9.17, 15) is 4.79 Å². The van der Waals surface area contributed by atoms with E-state index >= 15 is 0 Å². The van der Waals surface area contributed by atoms with Crippen LogP contribution in [-0.2, 0) is 0 Å². The predicted molar refractivity (Wildman–Crippen MR) is 80.6 cm³/mol. The number of aromatic amines is 1. The molecule has 22 heavy (non-hydrogen) atoms. The number of ether oxygens (including phenoxy) is 1. The van der Waals surface area contributed by atoms with Crippen molar-refractivity contribution in [3.8, 4) is 17.1 Å². The van der Waals surface area contributed by atoms with Crippen LogP contribution < -0.4 is 10.4 Å². The lowest BCUT2D eigenvalue weighted by atomic mass is 10.1. The fourth-order valence-electron chi connectivity index (χ4n) is 2.07. The molecule has 7 nitrogen and oxygen atoms in total. The van der Waals surface area contributed by atoms with E-state index < -0.39 is 5.63 Å². The molecule has 0 saturated carbocycles. The number of tetrazole rings is 1. The van der Waals surface area contributed by atoms with Gasteiger partial charge in [0.1, 0.15) is 5.56 Å². The van der Waals surface area contributed by atoms with Crippen LogP contribution in [0, 0.1) is 5.92 Å². The van der Waals surface area contributed by atoms with E-state index in [2.05, 4.69) is 34.5 Å². The van der Waals surface area contributed by atoms with Crippen molar-refractivity contribution in [3.63, 3.8) is 0 Å². The van der Waals surface area contributed by atoms with Gasteiger partial charge in [-0.05, 0) is 29.7 Å². The number of H-pyrrole nitrogens is 1. The van der Waals surface area contributed by atoms with Gasteiger partial charge in [0.2, 0.25) is 5.82 Å². The molecule has 0 fully saturated rings. The molecule has 1 aromatic carbocycles. The average Bonchev–Trinajstić information content (AvgIpc) is 3.01. The smallest absolute Gasteiger partial charge is 0.347 e. The molecule has 114 valence electrons. The molecule has 0 aliphatic heterocycles. The fraction of sp³-hybridized carbons (Fsp3) is 0.333. The highest BCUT2D eigenvalue weighted by Crippen LogP contribution is 2.26. The van der Waals surface area contributed by atoms with Crippen molar-refractivity contribution in [1.82, 2.24) is 20.6 Å². The first-order valence-corrected chi connectivity index (χ1v) is 7.08. The highest BCUT2D eigenvalue weighted by atomic mass is 16.5. The second-order valence-electron chi connectivity index (χ2n) is 5.39. The maximum Gasteiger partial charge on any atom is 0.347 e. The van der Waals surface area contributed by atoms with Gasteiger partial charge in [-0.2, -0.15) is 5.21 Å². The van der Waals surface area contributed by atoms with Crippen molar-refractivity contribution in [2.75, 3.05) is 6.61 Å². The standard InChI is InChI=1S/C15H16N4O3/c1-9(2)6-7-21-12-5-3-4-10-8-11(14-16-18-19-17-14)15(20)22-13(10)12/h3-5,8-9H,6-7H2,1-2H3,(H,16,17,18,19). The molecule has 2 heterocycles. The van der Waals surface area contributed by atoms with Gasteiger partial charge in [0, 0.05) is 5.39 Å². The fourth-order valence-corrected chi connectivity index (χ4v) is 2.07. The topological polar surface area (TPSA) is 93.9 Å². The van der Waals surface area contributed by atoms with Crippen molar-refractivity contribution in [2.24, 2.45) is 5.92 Å². The zero-order valence-corrected chi connectivity index (χ0v) is 12.4. The highest BCUT2D eigenvalue weighted by molar-refractivity contribution is 5.85. The van der Waals surface area contributed by atoms with Crippen LogP contribution in [0.25, 0.3) is 22.4 Å². The largest absolute Gasteiger partial charge is 0.490 e. The Bertz CT molecular complexity index is 824. The zero-order valence-electron chi connectivity index (χ0n) is 12.4. The summed E-state index contributed by atoms with van der Waals surface area (Å²) in [6, 6.07) is 7.17. The number of nitrogens with one attached hydrogen (secondary N) is 1. The van der Waals surface area contributed by atoms with Gasteiger partial charge in [-0.15, -0.1) is 10.2 Å². The van der Waals surface area contributed by atoms with Gasteiger partial charge >= 0.3 is 5.63 Å². The summed E-state index contributed by atoms with van der Waals surface area (Å²) in [5.74, 6) is 1.32. The summed E-state index contributed by atoms with van der Waals surface area (Å²) < 4.78 is 11.1. The van der Waals surface area contributed by atoms with Gasteiger partial charge in [0.25, 0.3) is 0 Å². The summed E-state index contributed by atoms with van der Waals surface area (Å²) in [5.41, 5.74) is 0.179. The summed E-state index contributed by atoms with van der Waals surface area (Å²) in [4.78, 5) is 12.1. The molecule has 3 aromatic rings. The van der Waals surface area contributed by atoms with Gasteiger partial charge in [-0.1, -0.05) is 26.0 Å². The summed E-state index contributed by atoms with van der Waals surface area (Å²) in [7, 11) is 0. The second-order valence-corrected chi connectivity index (χ2v) is 5.39. The summed E-state index contributed by atoms with van der Waals surface area (Å²) in [5, 5.41) is 14.1.